The van der Waals surface area contributed by atoms with Gasteiger partial charge in [0.1, 0.15) is 12.4 Å². The molecule has 2 saturated heterocycles. The molecular weight excluding hydrogens is 498 g/mol. The van der Waals surface area contributed by atoms with Crippen LogP contribution >= 0.6 is 0 Å². The second kappa shape index (κ2) is 10.9. The Balaban J connectivity index is 1.22. The van der Waals surface area contributed by atoms with Crippen LogP contribution in [0.4, 0.5) is 26.1 Å². The van der Waals surface area contributed by atoms with Crippen LogP contribution < -0.4 is 29.2 Å². The van der Waals surface area contributed by atoms with E-state index in [1.165, 1.54) is 26.6 Å². The Hall–Kier alpha value is -3.86. The van der Waals surface area contributed by atoms with Gasteiger partial charge in [-0.25, -0.2) is 18.7 Å². The van der Waals surface area contributed by atoms with E-state index in [1.54, 1.807) is 7.11 Å². The van der Waals surface area contributed by atoms with Crippen LogP contribution in [0.25, 0.3) is 0 Å². The predicted molar refractivity (Wildman–Crippen MR) is 137 cm³/mol. The van der Waals surface area contributed by atoms with E-state index >= 15 is 0 Å². The van der Waals surface area contributed by atoms with Crippen LogP contribution in [-0.4, -0.2) is 57.6 Å². The van der Waals surface area contributed by atoms with Gasteiger partial charge < -0.3 is 33.9 Å². The molecule has 1 aromatic heterocycles. The number of halogens is 2. The van der Waals surface area contributed by atoms with Crippen molar-refractivity contribution in [1.29, 1.82) is 0 Å². The van der Waals surface area contributed by atoms with E-state index in [2.05, 4.69) is 20.2 Å². The van der Waals surface area contributed by atoms with Crippen molar-refractivity contribution in [2.24, 2.45) is 5.41 Å². The second-order valence-electron chi connectivity index (χ2n) is 9.41. The summed E-state index contributed by atoms with van der Waals surface area (Å²) < 4.78 is 55.7. The van der Waals surface area contributed by atoms with Gasteiger partial charge in [-0.2, -0.15) is 0 Å². The SMILES string of the molecule is COc1cc(Nc2ncc(OCc3c(F)c(OC)cc(OC)c3F)cn2)ccc1N1CCC2(CC1)COC2. The third-order valence-electron chi connectivity index (χ3n) is 7.09. The van der Waals surface area contributed by atoms with Gasteiger partial charge in [-0.05, 0) is 25.0 Å². The largest absolute Gasteiger partial charge is 0.495 e. The smallest absolute Gasteiger partial charge is 0.227 e. The Bertz CT molecular complexity index is 1250. The van der Waals surface area contributed by atoms with E-state index in [1.807, 2.05) is 18.2 Å². The lowest BCUT2D eigenvalue weighted by molar-refractivity contribution is -0.124. The molecule has 1 spiro atoms. The van der Waals surface area contributed by atoms with Gasteiger partial charge in [0.05, 0.1) is 58.2 Å². The van der Waals surface area contributed by atoms with Gasteiger partial charge in [0, 0.05) is 36.3 Å². The van der Waals surface area contributed by atoms with Crippen LogP contribution in [0.3, 0.4) is 0 Å². The Kier molecular flexibility index (Phi) is 7.37. The minimum Gasteiger partial charge on any atom is -0.495 e. The van der Waals surface area contributed by atoms with Crippen molar-refractivity contribution in [3.05, 3.63) is 53.9 Å². The van der Waals surface area contributed by atoms with E-state index in [0.29, 0.717) is 11.4 Å². The minimum atomic E-state index is -0.858. The molecule has 1 N–H and O–H groups in total. The number of nitrogens with one attached hydrogen (secondary N) is 1. The summed E-state index contributed by atoms with van der Waals surface area (Å²) in [6, 6.07) is 7.02. The number of nitrogens with zero attached hydrogens (tertiary/aromatic N) is 3. The molecule has 202 valence electrons. The summed E-state index contributed by atoms with van der Waals surface area (Å²) in [5, 5.41) is 3.14. The molecular formula is C27H30F2N4O5. The predicted octanol–water partition coefficient (Wildman–Crippen LogP) is 4.72. The monoisotopic (exact) mass is 528 g/mol. The summed E-state index contributed by atoms with van der Waals surface area (Å²) in [4.78, 5) is 10.8. The lowest BCUT2D eigenvalue weighted by Crippen LogP contribution is -2.51. The fourth-order valence-corrected chi connectivity index (χ4v) is 4.72. The second-order valence-corrected chi connectivity index (χ2v) is 9.41. The molecule has 0 aliphatic carbocycles. The lowest BCUT2D eigenvalue weighted by atomic mass is 9.77. The Morgan fingerprint density at radius 3 is 2.11 bits per heavy atom. The molecule has 9 nitrogen and oxygen atoms in total. The number of methoxy groups -OCH3 is 3. The molecule has 2 fully saturated rings. The number of hydrogen-bond donors (Lipinski definition) is 1. The first kappa shape index (κ1) is 25.8. The van der Waals surface area contributed by atoms with Crippen LogP contribution in [0.1, 0.15) is 18.4 Å². The van der Waals surface area contributed by atoms with Gasteiger partial charge in [0.25, 0.3) is 0 Å². The zero-order chi connectivity index (χ0) is 26.7. The molecule has 0 radical (unpaired) electrons. The van der Waals surface area contributed by atoms with E-state index in [-0.39, 0.29) is 22.8 Å². The molecule has 3 aromatic rings. The zero-order valence-electron chi connectivity index (χ0n) is 21.6. The topological polar surface area (TPSA) is 87.2 Å². The quantitative estimate of drug-likeness (QED) is 0.424. The van der Waals surface area contributed by atoms with Gasteiger partial charge in [0.2, 0.25) is 5.95 Å². The fourth-order valence-electron chi connectivity index (χ4n) is 4.72. The van der Waals surface area contributed by atoms with Gasteiger partial charge in [-0.15, -0.1) is 0 Å². The Morgan fingerprint density at radius 1 is 0.921 bits per heavy atom. The number of piperidine rings is 1. The third kappa shape index (κ3) is 5.10. The number of aromatic nitrogens is 2. The molecule has 0 bridgehead atoms. The van der Waals surface area contributed by atoms with Gasteiger partial charge >= 0.3 is 0 Å². The first-order valence-electron chi connectivity index (χ1n) is 12.3. The van der Waals surface area contributed by atoms with Crippen molar-refractivity contribution in [1.82, 2.24) is 9.97 Å². The maximum Gasteiger partial charge on any atom is 0.227 e. The summed E-state index contributed by atoms with van der Waals surface area (Å²) in [7, 11) is 4.23. The van der Waals surface area contributed by atoms with Crippen LogP contribution in [0, 0.1) is 17.0 Å². The molecule has 0 atom stereocenters. The fraction of sp³-hybridized carbons (Fsp3) is 0.407. The van der Waals surface area contributed by atoms with Crippen molar-refractivity contribution >= 4 is 17.3 Å². The molecule has 2 aliphatic rings. The van der Waals surface area contributed by atoms with E-state index in [4.69, 9.17) is 23.7 Å². The highest BCUT2D eigenvalue weighted by atomic mass is 19.1. The number of ether oxygens (including phenoxy) is 5. The maximum absolute atomic E-state index is 14.6. The normalized spacial score (nSPS) is 16.1. The van der Waals surface area contributed by atoms with E-state index in [9.17, 15) is 8.78 Å². The Labute approximate surface area is 219 Å². The highest BCUT2D eigenvalue weighted by molar-refractivity contribution is 5.67. The lowest BCUT2D eigenvalue weighted by Gasteiger charge is -2.48. The number of rotatable bonds is 9. The average molecular weight is 529 g/mol. The molecule has 0 saturated carbocycles. The van der Waals surface area contributed by atoms with Crippen LogP contribution in [0.5, 0.6) is 23.0 Å². The maximum atomic E-state index is 14.6. The van der Waals surface area contributed by atoms with Crippen molar-refractivity contribution < 1.29 is 32.5 Å². The summed E-state index contributed by atoms with van der Waals surface area (Å²) in [5.41, 5.74) is 1.85. The van der Waals surface area contributed by atoms with Crippen LogP contribution in [-0.2, 0) is 11.3 Å². The minimum absolute atomic E-state index is 0.142. The molecule has 5 rings (SSSR count). The first-order valence-corrected chi connectivity index (χ1v) is 12.3. The Morgan fingerprint density at radius 2 is 1.55 bits per heavy atom. The summed E-state index contributed by atoms with van der Waals surface area (Å²) >= 11 is 0. The van der Waals surface area contributed by atoms with Crippen LogP contribution in [0.15, 0.2) is 36.7 Å². The third-order valence-corrected chi connectivity index (χ3v) is 7.09. The number of benzene rings is 2. The average Bonchev–Trinajstić information content (AvgIpc) is 2.93. The summed E-state index contributed by atoms with van der Waals surface area (Å²) in [6.07, 6.45) is 5.07. The van der Waals surface area contributed by atoms with Gasteiger partial charge in [0.15, 0.2) is 28.9 Å². The molecule has 38 heavy (non-hydrogen) atoms. The van der Waals surface area contributed by atoms with Crippen LogP contribution in [0.2, 0.25) is 0 Å². The summed E-state index contributed by atoms with van der Waals surface area (Å²) in [6.45, 7) is 3.27. The summed E-state index contributed by atoms with van der Waals surface area (Å²) in [5.74, 6) is -0.672. The molecule has 2 aromatic carbocycles. The molecule has 3 heterocycles. The van der Waals surface area contributed by atoms with Crippen molar-refractivity contribution in [3.63, 3.8) is 0 Å². The highest BCUT2D eigenvalue weighted by Crippen LogP contribution is 2.42. The molecule has 2 aliphatic heterocycles. The zero-order valence-corrected chi connectivity index (χ0v) is 21.6. The molecule has 0 amide bonds. The standard InChI is InChI=1S/C27H30F2N4O5/c1-34-21-10-17(4-5-20(21)33-8-6-27(7-9-33)15-37-16-27)32-26-30-12-18(13-31-26)38-14-19-24(28)22(35-2)11-23(36-3)25(19)29/h4-5,10-13H,6-9,14-16H2,1-3H3,(H,30,31,32). The molecule has 11 heteroatoms. The van der Waals surface area contributed by atoms with Crippen molar-refractivity contribution in [2.45, 2.75) is 19.4 Å². The van der Waals surface area contributed by atoms with Crippen molar-refractivity contribution in [2.75, 3.05) is 57.8 Å². The molecule has 0 unspecified atom stereocenters. The van der Waals surface area contributed by atoms with Gasteiger partial charge in [-0.1, -0.05) is 0 Å². The van der Waals surface area contributed by atoms with E-state index in [0.717, 1.165) is 62.3 Å². The highest BCUT2D eigenvalue weighted by Gasteiger charge is 2.41. The number of hydrogen-bond acceptors (Lipinski definition) is 9. The number of anilines is 3. The van der Waals surface area contributed by atoms with Crippen molar-refractivity contribution in [3.8, 4) is 23.0 Å². The first-order chi connectivity index (χ1) is 18.4. The van der Waals surface area contributed by atoms with Gasteiger partial charge in [-0.3, -0.25) is 0 Å². The van der Waals surface area contributed by atoms with E-state index < -0.39 is 18.2 Å².